The van der Waals surface area contributed by atoms with Crippen LogP contribution in [0.5, 0.6) is 0 Å². The molecule has 0 aliphatic carbocycles. The van der Waals surface area contributed by atoms with Gasteiger partial charge in [-0.25, -0.2) is 4.39 Å². The molecule has 1 aromatic rings. The lowest BCUT2D eigenvalue weighted by Crippen LogP contribution is -1.95. The van der Waals surface area contributed by atoms with Crippen molar-refractivity contribution in [1.82, 2.24) is 0 Å². The Hall–Kier alpha value is -0.270. The van der Waals surface area contributed by atoms with Crippen LogP contribution in [0.15, 0.2) is 18.2 Å². The highest BCUT2D eigenvalue weighted by molar-refractivity contribution is 6.30. The van der Waals surface area contributed by atoms with Gasteiger partial charge < -0.3 is 0 Å². The fourth-order valence-electron chi connectivity index (χ4n) is 1.31. The average Bonchev–Trinajstić information content (AvgIpc) is 2.10. The van der Waals surface area contributed by atoms with Crippen molar-refractivity contribution in [2.75, 3.05) is 0 Å². The van der Waals surface area contributed by atoms with Crippen LogP contribution in [0.25, 0.3) is 0 Å². The minimum atomic E-state index is -0.184. The van der Waals surface area contributed by atoms with Gasteiger partial charge in [0.05, 0.1) is 0 Å². The van der Waals surface area contributed by atoms with Gasteiger partial charge in [0.25, 0.3) is 0 Å². The number of hydrogen-bond acceptors (Lipinski definition) is 0. The van der Waals surface area contributed by atoms with Crippen LogP contribution in [0, 0.1) is 5.82 Å². The second-order valence-electron chi connectivity index (χ2n) is 3.41. The molecule has 0 spiro atoms. The van der Waals surface area contributed by atoms with Gasteiger partial charge in [0.2, 0.25) is 0 Å². The molecule has 0 fully saturated rings. The van der Waals surface area contributed by atoms with E-state index in [0.29, 0.717) is 17.0 Å². The Bertz CT molecular complexity index is 297. The van der Waals surface area contributed by atoms with Crippen molar-refractivity contribution in [2.24, 2.45) is 0 Å². The topological polar surface area (TPSA) is 0 Å². The summed E-state index contributed by atoms with van der Waals surface area (Å²) in [6.45, 7) is 1.94. The molecule has 1 aromatic carbocycles. The van der Waals surface area contributed by atoms with E-state index in [9.17, 15) is 4.39 Å². The summed E-state index contributed by atoms with van der Waals surface area (Å²) in [7, 11) is 0. The minimum absolute atomic E-state index is 0.150. The van der Waals surface area contributed by atoms with Crippen LogP contribution in [0.1, 0.15) is 25.3 Å². The standard InChI is InChI=1S/C11H13Cl2F/c1-8(12)3-2-4-9-7-10(13)5-6-11(9)14/h5-8H,2-4H2,1H3. The molecule has 0 aliphatic heterocycles. The Kier molecular flexibility index (Phi) is 4.70. The Balaban J connectivity index is 2.53. The summed E-state index contributed by atoms with van der Waals surface area (Å²) in [5, 5.41) is 0.734. The fraction of sp³-hybridized carbons (Fsp3) is 0.455. The minimum Gasteiger partial charge on any atom is -0.207 e. The van der Waals surface area contributed by atoms with Gasteiger partial charge in [-0.1, -0.05) is 11.6 Å². The molecule has 1 atom stereocenters. The molecule has 78 valence electrons. The maximum Gasteiger partial charge on any atom is 0.126 e. The van der Waals surface area contributed by atoms with Crippen molar-refractivity contribution in [3.63, 3.8) is 0 Å². The van der Waals surface area contributed by atoms with Crippen molar-refractivity contribution in [3.8, 4) is 0 Å². The quantitative estimate of drug-likeness (QED) is 0.677. The monoisotopic (exact) mass is 234 g/mol. The molecule has 0 heterocycles. The van der Waals surface area contributed by atoms with Crippen LogP contribution >= 0.6 is 23.2 Å². The lowest BCUT2D eigenvalue weighted by atomic mass is 10.1. The summed E-state index contributed by atoms with van der Waals surface area (Å²) in [5.74, 6) is -0.184. The van der Waals surface area contributed by atoms with Gasteiger partial charge in [0.15, 0.2) is 0 Å². The molecule has 14 heavy (non-hydrogen) atoms. The van der Waals surface area contributed by atoms with Crippen LogP contribution < -0.4 is 0 Å². The Labute approximate surface area is 94.0 Å². The molecule has 0 aliphatic rings. The third-order valence-corrected chi connectivity index (χ3v) is 2.51. The number of rotatable bonds is 4. The first-order valence-electron chi connectivity index (χ1n) is 4.67. The summed E-state index contributed by atoms with van der Waals surface area (Å²) in [6, 6.07) is 4.64. The molecule has 0 amide bonds. The van der Waals surface area contributed by atoms with E-state index in [2.05, 4.69) is 0 Å². The molecule has 0 bridgehead atoms. The maximum atomic E-state index is 13.2. The highest BCUT2D eigenvalue weighted by Gasteiger charge is 2.03. The van der Waals surface area contributed by atoms with E-state index >= 15 is 0 Å². The normalized spacial score (nSPS) is 12.9. The molecule has 3 heteroatoms. The highest BCUT2D eigenvalue weighted by atomic mass is 35.5. The van der Waals surface area contributed by atoms with E-state index < -0.39 is 0 Å². The van der Waals surface area contributed by atoms with E-state index in [1.165, 1.54) is 6.07 Å². The second-order valence-corrected chi connectivity index (χ2v) is 4.59. The zero-order chi connectivity index (χ0) is 10.6. The Morgan fingerprint density at radius 3 is 2.79 bits per heavy atom. The SMILES string of the molecule is CC(Cl)CCCc1cc(Cl)ccc1F. The van der Waals surface area contributed by atoms with Gasteiger partial charge in [-0.3, -0.25) is 0 Å². The molecule has 0 saturated heterocycles. The van der Waals surface area contributed by atoms with E-state index in [0.717, 1.165) is 12.8 Å². The predicted molar refractivity (Wildman–Crippen MR) is 59.7 cm³/mol. The fourth-order valence-corrected chi connectivity index (χ4v) is 1.66. The van der Waals surface area contributed by atoms with E-state index in [-0.39, 0.29) is 11.2 Å². The van der Waals surface area contributed by atoms with Crippen molar-refractivity contribution in [3.05, 3.63) is 34.6 Å². The predicted octanol–water partition coefficient (Wildman–Crippen LogP) is 4.43. The molecule has 0 nitrogen and oxygen atoms in total. The van der Waals surface area contributed by atoms with E-state index in [1.54, 1.807) is 12.1 Å². The van der Waals surface area contributed by atoms with Gasteiger partial charge in [0.1, 0.15) is 5.82 Å². The zero-order valence-electron chi connectivity index (χ0n) is 8.06. The van der Waals surface area contributed by atoms with Crippen LogP contribution in [-0.4, -0.2) is 5.38 Å². The lowest BCUT2D eigenvalue weighted by molar-refractivity contribution is 0.599. The Morgan fingerprint density at radius 2 is 2.14 bits per heavy atom. The van der Waals surface area contributed by atoms with Crippen molar-refractivity contribution < 1.29 is 4.39 Å². The van der Waals surface area contributed by atoms with Gasteiger partial charge in [-0.05, 0) is 49.9 Å². The summed E-state index contributed by atoms with van der Waals surface area (Å²) in [4.78, 5) is 0. The van der Waals surface area contributed by atoms with Crippen molar-refractivity contribution in [1.29, 1.82) is 0 Å². The van der Waals surface area contributed by atoms with Gasteiger partial charge in [-0.15, -0.1) is 11.6 Å². The second kappa shape index (κ2) is 5.57. The van der Waals surface area contributed by atoms with Crippen LogP contribution in [-0.2, 0) is 6.42 Å². The summed E-state index contributed by atoms with van der Waals surface area (Å²) < 4.78 is 13.2. The first-order chi connectivity index (χ1) is 6.59. The third kappa shape index (κ3) is 3.85. The number of aryl methyl sites for hydroxylation is 1. The average molecular weight is 235 g/mol. The van der Waals surface area contributed by atoms with Crippen LogP contribution in [0.2, 0.25) is 5.02 Å². The third-order valence-electron chi connectivity index (χ3n) is 2.06. The molecule has 0 aromatic heterocycles. The largest absolute Gasteiger partial charge is 0.207 e. The van der Waals surface area contributed by atoms with Crippen molar-refractivity contribution >= 4 is 23.2 Å². The maximum absolute atomic E-state index is 13.2. The summed E-state index contributed by atoms with van der Waals surface area (Å²) >= 11 is 11.6. The molecular formula is C11H13Cl2F. The number of hydrogen-bond donors (Lipinski definition) is 0. The lowest BCUT2D eigenvalue weighted by Gasteiger charge is -2.04. The van der Waals surface area contributed by atoms with E-state index in [4.69, 9.17) is 23.2 Å². The summed E-state index contributed by atoms with van der Waals surface area (Å²) in [5.41, 5.74) is 0.676. The highest BCUT2D eigenvalue weighted by Crippen LogP contribution is 2.17. The van der Waals surface area contributed by atoms with Crippen molar-refractivity contribution in [2.45, 2.75) is 31.6 Å². The molecular weight excluding hydrogens is 222 g/mol. The number of alkyl halides is 1. The molecule has 1 unspecified atom stereocenters. The zero-order valence-corrected chi connectivity index (χ0v) is 9.58. The summed E-state index contributed by atoms with van der Waals surface area (Å²) in [6.07, 6.45) is 2.49. The molecule has 0 radical (unpaired) electrons. The first kappa shape index (κ1) is 11.8. The first-order valence-corrected chi connectivity index (χ1v) is 5.49. The number of halogens is 3. The smallest absolute Gasteiger partial charge is 0.126 e. The van der Waals surface area contributed by atoms with Gasteiger partial charge in [0, 0.05) is 10.4 Å². The Morgan fingerprint density at radius 1 is 1.43 bits per heavy atom. The number of benzene rings is 1. The van der Waals surface area contributed by atoms with Gasteiger partial charge in [-0.2, -0.15) is 0 Å². The van der Waals surface area contributed by atoms with E-state index in [1.807, 2.05) is 6.92 Å². The van der Waals surface area contributed by atoms with Gasteiger partial charge >= 0.3 is 0 Å². The van der Waals surface area contributed by atoms with Crippen LogP contribution in [0.3, 0.4) is 0 Å². The molecule has 1 rings (SSSR count). The molecule has 0 N–H and O–H groups in total. The van der Waals surface area contributed by atoms with Crippen LogP contribution in [0.4, 0.5) is 4.39 Å². The molecule has 0 saturated carbocycles.